The smallest absolute Gasteiger partial charge is 0.341 e. The van der Waals surface area contributed by atoms with Crippen molar-refractivity contribution >= 4 is 26.9 Å². The van der Waals surface area contributed by atoms with Crippen LogP contribution in [-0.2, 0) is 23.1 Å². The maximum Gasteiger partial charge on any atom is 0.341 e. The molecule has 6 rings (SSSR count). The van der Waals surface area contributed by atoms with Crippen LogP contribution in [0.15, 0.2) is 64.4 Å². The molecule has 1 N–H and O–H groups in total. The number of hydrogen-bond donors (Lipinski definition) is 1. The van der Waals surface area contributed by atoms with E-state index in [-0.39, 0.29) is 40.7 Å². The van der Waals surface area contributed by atoms with Crippen molar-refractivity contribution in [1.82, 2.24) is 8.87 Å². The summed E-state index contributed by atoms with van der Waals surface area (Å²) in [5.41, 5.74) is 2.26. The summed E-state index contributed by atoms with van der Waals surface area (Å²) in [5, 5.41) is 9.49. The first-order valence-corrected chi connectivity index (χ1v) is 13.9. The Morgan fingerprint density at radius 3 is 2.38 bits per heavy atom. The fourth-order valence-corrected chi connectivity index (χ4v) is 6.66. The first kappa shape index (κ1) is 25.3. The summed E-state index contributed by atoms with van der Waals surface area (Å²) in [6, 6.07) is 13.0. The molecule has 1 aliphatic carbocycles. The van der Waals surface area contributed by atoms with Gasteiger partial charge in [0.25, 0.3) is 0 Å². The average molecular weight is 549 g/mol. The topological polar surface area (TPSA) is 106 Å². The molecule has 1 aromatic heterocycles. The molecule has 200 valence electrons. The number of fused-ring (bicyclic) bond motifs is 2. The molecule has 1 fully saturated rings. The van der Waals surface area contributed by atoms with Gasteiger partial charge in [0.1, 0.15) is 11.4 Å². The minimum Gasteiger partial charge on any atom is -0.494 e. The van der Waals surface area contributed by atoms with Crippen molar-refractivity contribution in [2.45, 2.75) is 43.8 Å². The number of hydrogen-bond acceptors (Lipinski definition) is 5. The van der Waals surface area contributed by atoms with Crippen molar-refractivity contribution in [3.63, 3.8) is 0 Å². The zero-order valence-electron chi connectivity index (χ0n) is 21.3. The SMILES string of the molecule is COc1c(-c2ccc3c(c2)CN(S(=O)(=O)c2ccc(C)cc2)C3)c(F)cc2c(=O)c(C(=O)O)cn(C3CC3)c12. The van der Waals surface area contributed by atoms with Gasteiger partial charge in [0.2, 0.25) is 15.5 Å². The third-order valence-electron chi connectivity index (χ3n) is 7.44. The van der Waals surface area contributed by atoms with Gasteiger partial charge in [-0.15, -0.1) is 0 Å². The number of carboxylic acid groups (broad SMARTS) is 1. The van der Waals surface area contributed by atoms with Crippen LogP contribution in [0.4, 0.5) is 4.39 Å². The maximum atomic E-state index is 15.7. The zero-order chi connectivity index (χ0) is 27.6. The summed E-state index contributed by atoms with van der Waals surface area (Å²) in [7, 11) is -2.34. The number of carbonyl (C=O) groups is 1. The Labute approximate surface area is 223 Å². The van der Waals surface area contributed by atoms with Crippen LogP contribution in [0.5, 0.6) is 5.75 Å². The Morgan fingerprint density at radius 1 is 1.05 bits per heavy atom. The second-order valence-electron chi connectivity index (χ2n) is 10.0. The standard InChI is InChI=1S/C29H25FN2O6S/c1-16-3-9-21(10-4-16)39(36,37)31-13-18-6-5-17(11-19(18)14-31)25-24(30)12-22-26(28(25)38-2)32(20-7-8-20)15-23(27(22)33)29(34)35/h3-6,9-12,15,20H,7-8,13-14H2,1-2H3,(H,34,35). The van der Waals surface area contributed by atoms with Crippen LogP contribution in [0.1, 0.15) is 45.9 Å². The van der Waals surface area contributed by atoms with Crippen LogP contribution in [0.3, 0.4) is 0 Å². The lowest BCUT2D eigenvalue weighted by Gasteiger charge is -2.18. The van der Waals surface area contributed by atoms with Crippen LogP contribution in [0, 0.1) is 12.7 Å². The summed E-state index contributed by atoms with van der Waals surface area (Å²) in [6.45, 7) is 2.22. The second-order valence-corrected chi connectivity index (χ2v) is 12.0. The molecule has 10 heteroatoms. The number of aromatic nitrogens is 1. The van der Waals surface area contributed by atoms with E-state index in [1.807, 2.05) is 6.92 Å². The normalized spacial score (nSPS) is 15.5. The minimum absolute atomic E-state index is 0.0148. The summed E-state index contributed by atoms with van der Waals surface area (Å²) >= 11 is 0. The molecule has 0 unspecified atom stereocenters. The van der Waals surface area contributed by atoms with Crippen LogP contribution < -0.4 is 10.2 Å². The van der Waals surface area contributed by atoms with Crippen molar-refractivity contribution < 1.29 is 27.4 Å². The Kier molecular flexibility index (Phi) is 5.85. The van der Waals surface area contributed by atoms with E-state index in [9.17, 15) is 23.1 Å². The van der Waals surface area contributed by atoms with E-state index in [4.69, 9.17) is 4.74 Å². The highest BCUT2D eigenvalue weighted by Gasteiger charge is 2.33. The number of pyridine rings is 1. The van der Waals surface area contributed by atoms with Gasteiger partial charge in [-0.25, -0.2) is 17.6 Å². The quantitative estimate of drug-likeness (QED) is 0.369. The lowest BCUT2D eigenvalue weighted by atomic mass is 9.97. The number of nitrogens with zero attached hydrogens (tertiary/aromatic N) is 2. The summed E-state index contributed by atoms with van der Waals surface area (Å²) < 4.78 is 51.0. The predicted octanol–water partition coefficient (Wildman–Crippen LogP) is 4.86. The van der Waals surface area contributed by atoms with Crippen molar-refractivity contribution in [2.75, 3.05) is 7.11 Å². The molecule has 2 heterocycles. The van der Waals surface area contributed by atoms with Crippen molar-refractivity contribution in [3.05, 3.63) is 93.0 Å². The summed E-state index contributed by atoms with van der Waals surface area (Å²) in [5.74, 6) is -1.97. The number of sulfonamides is 1. The summed E-state index contributed by atoms with van der Waals surface area (Å²) in [6.07, 6.45) is 2.92. The average Bonchev–Trinajstić information content (AvgIpc) is 3.65. The van der Waals surface area contributed by atoms with E-state index in [1.165, 1.54) is 17.6 Å². The van der Waals surface area contributed by atoms with Crippen molar-refractivity contribution in [3.8, 4) is 16.9 Å². The van der Waals surface area contributed by atoms with Crippen molar-refractivity contribution in [1.29, 1.82) is 0 Å². The number of ether oxygens (including phenoxy) is 1. The largest absolute Gasteiger partial charge is 0.494 e. The lowest BCUT2D eigenvalue weighted by Crippen LogP contribution is -2.25. The molecular weight excluding hydrogens is 523 g/mol. The highest BCUT2D eigenvalue weighted by Crippen LogP contribution is 2.44. The maximum absolute atomic E-state index is 15.7. The predicted molar refractivity (Wildman–Crippen MR) is 143 cm³/mol. The molecule has 39 heavy (non-hydrogen) atoms. The van der Waals surface area contributed by atoms with Gasteiger partial charge in [0, 0.05) is 25.3 Å². The van der Waals surface area contributed by atoms with Gasteiger partial charge in [-0.05, 0) is 60.7 Å². The molecule has 0 radical (unpaired) electrons. The third-order valence-corrected chi connectivity index (χ3v) is 9.25. The number of carboxylic acids is 1. The minimum atomic E-state index is -3.73. The molecule has 0 bridgehead atoms. The van der Waals surface area contributed by atoms with Crippen LogP contribution in [0.25, 0.3) is 22.0 Å². The van der Waals surface area contributed by atoms with E-state index in [0.29, 0.717) is 11.1 Å². The number of benzene rings is 3. The first-order valence-electron chi connectivity index (χ1n) is 12.5. The fraction of sp³-hybridized carbons (Fsp3) is 0.241. The van der Waals surface area contributed by atoms with Crippen LogP contribution in [-0.4, -0.2) is 35.5 Å². The Balaban J connectivity index is 1.46. The fourth-order valence-electron chi connectivity index (χ4n) is 5.26. The number of rotatable bonds is 6. The van der Waals surface area contributed by atoms with E-state index >= 15 is 4.39 Å². The van der Waals surface area contributed by atoms with Crippen LogP contribution in [0.2, 0.25) is 0 Å². The van der Waals surface area contributed by atoms with Crippen LogP contribution >= 0.6 is 0 Å². The molecular formula is C29H25FN2O6S. The third kappa shape index (κ3) is 4.11. The molecule has 4 aromatic rings. The van der Waals surface area contributed by atoms with Gasteiger partial charge in [-0.3, -0.25) is 4.79 Å². The Hall–Kier alpha value is -4.02. The van der Waals surface area contributed by atoms with E-state index in [2.05, 4.69) is 0 Å². The molecule has 2 aliphatic rings. The van der Waals surface area contributed by atoms with E-state index in [0.717, 1.165) is 35.6 Å². The van der Waals surface area contributed by atoms with E-state index < -0.39 is 32.8 Å². The van der Waals surface area contributed by atoms with Gasteiger partial charge < -0.3 is 14.4 Å². The van der Waals surface area contributed by atoms with Gasteiger partial charge >= 0.3 is 5.97 Å². The lowest BCUT2D eigenvalue weighted by molar-refractivity contribution is 0.0694. The zero-order valence-corrected chi connectivity index (χ0v) is 22.1. The van der Waals surface area contributed by atoms with Crippen molar-refractivity contribution in [2.24, 2.45) is 0 Å². The molecule has 1 aliphatic heterocycles. The van der Waals surface area contributed by atoms with E-state index in [1.54, 1.807) is 47.0 Å². The highest BCUT2D eigenvalue weighted by atomic mass is 32.2. The second kappa shape index (κ2) is 9.03. The van der Waals surface area contributed by atoms with Gasteiger partial charge in [-0.1, -0.05) is 29.8 Å². The van der Waals surface area contributed by atoms with Gasteiger partial charge in [0.05, 0.1) is 28.5 Å². The monoisotopic (exact) mass is 548 g/mol. The molecule has 3 aromatic carbocycles. The molecule has 0 atom stereocenters. The molecule has 0 spiro atoms. The Morgan fingerprint density at radius 2 is 1.74 bits per heavy atom. The summed E-state index contributed by atoms with van der Waals surface area (Å²) in [4.78, 5) is 24.9. The molecule has 0 saturated heterocycles. The van der Waals surface area contributed by atoms with Gasteiger partial charge in [-0.2, -0.15) is 4.31 Å². The number of methoxy groups -OCH3 is 1. The van der Waals surface area contributed by atoms with Gasteiger partial charge in [0.15, 0.2) is 5.75 Å². The number of aryl methyl sites for hydroxylation is 1. The first-order chi connectivity index (χ1) is 18.6. The number of halogens is 1. The number of aromatic carboxylic acids is 1. The molecule has 1 saturated carbocycles. The molecule has 8 nitrogen and oxygen atoms in total. The molecule has 0 amide bonds. The Bertz CT molecular complexity index is 1840. The highest BCUT2D eigenvalue weighted by molar-refractivity contribution is 7.89.